The van der Waals surface area contributed by atoms with Crippen LogP contribution in [0.25, 0.3) is 6.08 Å². The molecule has 2 amide bonds. The maximum atomic E-state index is 13.2. The molecule has 8 heteroatoms. The van der Waals surface area contributed by atoms with E-state index in [1.165, 1.54) is 0 Å². The number of hydrogen-bond donors (Lipinski definition) is 2. The van der Waals surface area contributed by atoms with Crippen molar-refractivity contribution in [1.29, 1.82) is 0 Å². The summed E-state index contributed by atoms with van der Waals surface area (Å²) in [6.45, 7) is 11.8. The maximum Gasteiger partial charge on any atom is 0.255 e. The van der Waals surface area contributed by atoms with Crippen LogP contribution in [0.4, 0.5) is 11.4 Å². The summed E-state index contributed by atoms with van der Waals surface area (Å²) in [5, 5.41) is 2.98. The molecule has 0 atom stereocenters. The molecule has 0 bridgehead atoms. The van der Waals surface area contributed by atoms with Crippen LogP contribution in [0.3, 0.4) is 0 Å². The van der Waals surface area contributed by atoms with Gasteiger partial charge < -0.3 is 16.0 Å². The molecule has 0 radical (unpaired) electrons. The van der Waals surface area contributed by atoms with E-state index >= 15 is 0 Å². The number of benzene rings is 1. The first-order valence-corrected chi connectivity index (χ1v) is 13.3. The van der Waals surface area contributed by atoms with Gasteiger partial charge in [0, 0.05) is 67.5 Å². The zero-order valence-electron chi connectivity index (χ0n) is 22.4. The summed E-state index contributed by atoms with van der Waals surface area (Å²) in [7, 11) is 0. The standard InChI is InChI=1S/C29H38N6O2/c1-5-10-34(11-6-2)29(37)22-13-20-7-8-21(15-26(20)33-27(30)16-22)28(36)32-24-14-23-18-35(19(3)4)12-9-25(23)31-17-24/h7-8,13-15,17,19H,5-6,9-12,16,18H2,1-4H3,(H2,30,33)(H,32,36). The Labute approximate surface area is 219 Å². The third kappa shape index (κ3) is 6.25. The Morgan fingerprint density at radius 2 is 1.92 bits per heavy atom. The van der Waals surface area contributed by atoms with Crippen molar-refractivity contribution < 1.29 is 9.59 Å². The number of nitrogens with two attached hydrogens (primary N) is 1. The summed E-state index contributed by atoms with van der Waals surface area (Å²) in [6, 6.07) is 7.79. The highest BCUT2D eigenvalue weighted by atomic mass is 16.2. The van der Waals surface area contributed by atoms with Crippen LogP contribution in [-0.2, 0) is 17.8 Å². The molecule has 0 saturated carbocycles. The lowest BCUT2D eigenvalue weighted by molar-refractivity contribution is -0.127. The van der Waals surface area contributed by atoms with Gasteiger partial charge in [-0.1, -0.05) is 19.9 Å². The second-order valence-electron chi connectivity index (χ2n) is 10.1. The fourth-order valence-corrected chi connectivity index (χ4v) is 4.89. The first-order chi connectivity index (χ1) is 17.8. The molecule has 2 aromatic rings. The Hall–Kier alpha value is -3.52. The van der Waals surface area contributed by atoms with E-state index in [0.717, 1.165) is 49.2 Å². The number of amidine groups is 1. The lowest BCUT2D eigenvalue weighted by Gasteiger charge is -2.31. The van der Waals surface area contributed by atoms with E-state index in [1.807, 2.05) is 23.1 Å². The van der Waals surface area contributed by atoms with E-state index in [1.54, 1.807) is 18.3 Å². The number of anilines is 1. The predicted molar refractivity (Wildman–Crippen MR) is 149 cm³/mol. The van der Waals surface area contributed by atoms with Gasteiger partial charge in [0.15, 0.2) is 0 Å². The van der Waals surface area contributed by atoms with Crippen LogP contribution < -0.4 is 11.1 Å². The van der Waals surface area contributed by atoms with Gasteiger partial charge in [-0.05, 0) is 56.5 Å². The van der Waals surface area contributed by atoms with Crippen molar-refractivity contribution in [1.82, 2.24) is 14.8 Å². The average molecular weight is 503 g/mol. The predicted octanol–water partition coefficient (Wildman–Crippen LogP) is 4.52. The molecule has 4 rings (SSSR count). The van der Waals surface area contributed by atoms with Gasteiger partial charge in [-0.3, -0.25) is 19.5 Å². The van der Waals surface area contributed by atoms with Gasteiger partial charge in [0.25, 0.3) is 5.91 Å². The second kappa shape index (κ2) is 11.7. The van der Waals surface area contributed by atoms with E-state index in [4.69, 9.17) is 5.73 Å². The van der Waals surface area contributed by atoms with Crippen molar-refractivity contribution >= 4 is 35.1 Å². The van der Waals surface area contributed by atoms with Crippen molar-refractivity contribution in [3.8, 4) is 0 Å². The Kier molecular flexibility index (Phi) is 8.38. The molecule has 0 saturated heterocycles. The summed E-state index contributed by atoms with van der Waals surface area (Å²) in [5.74, 6) is 0.112. The van der Waals surface area contributed by atoms with Gasteiger partial charge >= 0.3 is 0 Å². The van der Waals surface area contributed by atoms with Crippen molar-refractivity contribution in [2.75, 3.05) is 25.0 Å². The molecule has 0 fully saturated rings. The Bertz CT molecular complexity index is 1230. The van der Waals surface area contributed by atoms with E-state index in [2.05, 4.69) is 47.9 Å². The highest BCUT2D eigenvalue weighted by Gasteiger charge is 2.22. The summed E-state index contributed by atoms with van der Waals surface area (Å²) < 4.78 is 0. The quantitative estimate of drug-likeness (QED) is 0.552. The molecule has 1 aromatic carbocycles. The third-order valence-corrected chi connectivity index (χ3v) is 6.86. The van der Waals surface area contributed by atoms with Crippen LogP contribution >= 0.6 is 0 Å². The van der Waals surface area contributed by atoms with Gasteiger partial charge in [0.2, 0.25) is 5.91 Å². The largest absolute Gasteiger partial charge is 0.387 e. The number of amides is 2. The summed E-state index contributed by atoms with van der Waals surface area (Å²) >= 11 is 0. The summed E-state index contributed by atoms with van der Waals surface area (Å²) in [6.07, 6.45) is 6.57. The van der Waals surface area contributed by atoms with E-state index < -0.39 is 0 Å². The number of nitrogens with one attached hydrogen (secondary N) is 1. The molecule has 0 spiro atoms. The van der Waals surface area contributed by atoms with Crippen molar-refractivity contribution in [2.45, 2.75) is 66.0 Å². The number of carbonyl (C=O) groups is 2. The second-order valence-corrected chi connectivity index (χ2v) is 10.1. The molecule has 8 nitrogen and oxygen atoms in total. The molecule has 0 aliphatic carbocycles. The van der Waals surface area contributed by atoms with Crippen LogP contribution in [0, 0.1) is 0 Å². The van der Waals surface area contributed by atoms with Gasteiger partial charge in [0.05, 0.1) is 17.6 Å². The van der Waals surface area contributed by atoms with Crippen LogP contribution in [0.1, 0.15) is 74.1 Å². The minimum Gasteiger partial charge on any atom is -0.387 e. The van der Waals surface area contributed by atoms with Gasteiger partial charge in [-0.25, -0.2) is 4.99 Å². The number of pyridine rings is 1. The monoisotopic (exact) mass is 502 g/mol. The van der Waals surface area contributed by atoms with E-state index in [-0.39, 0.29) is 18.2 Å². The van der Waals surface area contributed by atoms with Gasteiger partial charge in [-0.15, -0.1) is 0 Å². The lowest BCUT2D eigenvalue weighted by atomic mass is 10.0. The summed E-state index contributed by atoms with van der Waals surface area (Å²) in [5.41, 5.74) is 11.6. The molecule has 2 aliphatic rings. The average Bonchev–Trinajstić information content (AvgIpc) is 3.05. The first-order valence-electron chi connectivity index (χ1n) is 13.3. The topological polar surface area (TPSA) is 104 Å². The van der Waals surface area contributed by atoms with Crippen LogP contribution in [0.2, 0.25) is 0 Å². The minimum absolute atomic E-state index is 0.00698. The van der Waals surface area contributed by atoms with Crippen molar-refractivity contribution in [3.05, 3.63) is 58.4 Å². The van der Waals surface area contributed by atoms with E-state index in [9.17, 15) is 9.59 Å². The molecule has 1 aromatic heterocycles. The lowest BCUT2D eigenvalue weighted by Crippen LogP contribution is -2.36. The first kappa shape index (κ1) is 26.5. The number of hydrogen-bond acceptors (Lipinski definition) is 6. The molecule has 2 aliphatic heterocycles. The van der Waals surface area contributed by atoms with Crippen LogP contribution in [-0.4, -0.2) is 58.1 Å². The molecule has 37 heavy (non-hydrogen) atoms. The molecule has 196 valence electrons. The number of aliphatic imine (C=N–C) groups is 1. The molecule has 0 unspecified atom stereocenters. The Morgan fingerprint density at radius 3 is 2.62 bits per heavy atom. The zero-order chi connectivity index (χ0) is 26.5. The SMILES string of the molecule is CCCN(CCC)C(=O)C1=Cc2ccc(C(=O)Nc3cnc4c(c3)CN(C(C)C)CC4)cc2N=C(N)C1. The summed E-state index contributed by atoms with van der Waals surface area (Å²) in [4.78, 5) is 39.7. The van der Waals surface area contributed by atoms with Gasteiger partial charge in [-0.2, -0.15) is 0 Å². The normalized spacial score (nSPS) is 15.3. The highest BCUT2D eigenvalue weighted by Crippen LogP contribution is 2.29. The number of rotatable bonds is 8. The maximum absolute atomic E-state index is 13.2. The number of fused-ring (bicyclic) bond motifs is 2. The number of carbonyl (C=O) groups excluding carboxylic acids is 2. The molecule has 3 N–H and O–H groups in total. The smallest absolute Gasteiger partial charge is 0.255 e. The highest BCUT2D eigenvalue weighted by molar-refractivity contribution is 6.07. The van der Waals surface area contributed by atoms with Crippen molar-refractivity contribution in [3.63, 3.8) is 0 Å². The van der Waals surface area contributed by atoms with Gasteiger partial charge in [0.1, 0.15) is 5.84 Å². The molecular formula is C29H38N6O2. The Morgan fingerprint density at radius 1 is 1.16 bits per heavy atom. The fraction of sp³-hybridized carbons (Fsp3) is 0.448. The third-order valence-electron chi connectivity index (χ3n) is 6.86. The Balaban J connectivity index is 1.54. The fourth-order valence-electron chi connectivity index (χ4n) is 4.89. The minimum atomic E-state index is -0.239. The molecular weight excluding hydrogens is 464 g/mol. The van der Waals surface area contributed by atoms with Crippen LogP contribution in [0.5, 0.6) is 0 Å². The number of nitrogens with zero attached hydrogens (tertiary/aromatic N) is 4. The zero-order valence-corrected chi connectivity index (χ0v) is 22.4. The van der Waals surface area contributed by atoms with Crippen molar-refractivity contribution in [2.24, 2.45) is 10.7 Å². The number of aromatic nitrogens is 1. The molecule has 3 heterocycles. The van der Waals surface area contributed by atoms with E-state index in [0.29, 0.717) is 47.5 Å². The van der Waals surface area contributed by atoms with Crippen LogP contribution in [0.15, 0.2) is 41.0 Å².